The van der Waals surface area contributed by atoms with Crippen molar-refractivity contribution in [2.45, 2.75) is 64.8 Å². The summed E-state index contributed by atoms with van der Waals surface area (Å²) in [6, 6.07) is 7.62. The lowest BCUT2D eigenvalue weighted by Crippen LogP contribution is -2.49. The highest BCUT2D eigenvalue weighted by atomic mass is 16.5. The summed E-state index contributed by atoms with van der Waals surface area (Å²) in [6.45, 7) is 4.04. The first-order valence-corrected chi connectivity index (χ1v) is 10.3. The number of nitrogens with one attached hydrogen (secondary N) is 2. The van der Waals surface area contributed by atoms with E-state index >= 15 is 0 Å². The van der Waals surface area contributed by atoms with Crippen LogP contribution in [0.5, 0.6) is 0 Å². The van der Waals surface area contributed by atoms with Crippen molar-refractivity contribution in [2.24, 2.45) is 5.41 Å². The third kappa shape index (κ3) is 6.56. The van der Waals surface area contributed by atoms with E-state index in [-0.39, 0.29) is 11.8 Å². The molecule has 0 bridgehead atoms. The van der Waals surface area contributed by atoms with Crippen molar-refractivity contribution >= 4 is 17.7 Å². The average molecular weight is 404 g/mol. The van der Waals surface area contributed by atoms with Gasteiger partial charge in [-0.2, -0.15) is 0 Å². The van der Waals surface area contributed by atoms with E-state index in [2.05, 4.69) is 29.6 Å². The molecule has 1 atom stereocenters. The van der Waals surface area contributed by atoms with E-state index in [1.54, 1.807) is 12.5 Å². The van der Waals surface area contributed by atoms with Crippen LogP contribution in [0.1, 0.15) is 56.6 Å². The number of likely N-dealkylation sites (N-methyl/N-ethyl adjacent to an activating group) is 1. The van der Waals surface area contributed by atoms with Crippen LogP contribution in [0.3, 0.4) is 0 Å². The minimum Gasteiger partial charge on any atom is -0.356 e. The molecule has 1 aliphatic rings. The highest BCUT2D eigenvalue weighted by Gasteiger charge is 2.51. The molecule has 0 aromatic heterocycles. The van der Waals surface area contributed by atoms with Crippen LogP contribution in [0.15, 0.2) is 24.3 Å². The van der Waals surface area contributed by atoms with E-state index in [1.165, 1.54) is 23.0 Å². The van der Waals surface area contributed by atoms with Crippen LogP contribution in [-0.2, 0) is 20.8 Å². The van der Waals surface area contributed by atoms with E-state index in [1.807, 2.05) is 6.92 Å². The van der Waals surface area contributed by atoms with E-state index in [0.717, 1.165) is 25.7 Å². The molecule has 1 saturated carbocycles. The zero-order valence-electron chi connectivity index (χ0n) is 17.7. The van der Waals surface area contributed by atoms with Crippen molar-refractivity contribution in [3.8, 4) is 0 Å². The number of benzene rings is 1. The van der Waals surface area contributed by atoms with Gasteiger partial charge in [-0.15, -0.1) is 0 Å². The van der Waals surface area contributed by atoms with Crippen molar-refractivity contribution in [3.63, 3.8) is 0 Å². The number of carbonyl (C=O) groups excluding carboxylic acids is 3. The minimum absolute atomic E-state index is 0.0277. The van der Waals surface area contributed by atoms with Gasteiger partial charge in [-0.25, -0.2) is 5.48 Å². The molecule has 0 spiro atoms. The number of rotatable bonds is 11. The van der Waals surface area contributed by atoms with E-state index in [0.29, 0.717) is 25.8 Å². The van der Waals surface area contributed by atoms with Crippen molar-refractivity contribution in [1.82, 2.24) is 15.7 Å². The number of hydroxylamine groups is 1. The molecule has 1 aromatic rings. The number of amides is 3. The Morgan fingerprint density at radius 2 is 1.83 bits per heavy atom. The number of aryl methyl sites for hydroxylation is 2. The lowest BCUT2D eigenvalue weighted by molar-refractivity contribution is -0.146. The Balaban J connectivity index is 1.93. The molecule has 0 aliphatic heterocycles. The third-order valence-corrected chi connectivity index (χ3v) is 5.80. The molecule has 0 unspecified atom stereocenters. The standard InChI is InChI=1S/C22H33N3O4/c1-16-7-9-18(10-8-16)11-12-22(13-14-22)21(28)25(3)19(20(27)24-29)6-4-5-15-23-17(2)26/h7-10,19,29H,4-6,11-15H2,1-3H3,(H,23,26)(H,24,27)/t19-/m1/s1. The van der Waals surface area contributed by atoms with Gasteiger partial charge in [0.25, 0.3) is 5.91 Å². The number of unbranched alkanes of at least 4 members (excludes halogenated alkanes) is 1. The maximum absolute atomic E-state index is 13.1. The second-order valence-electron chi connectivity index (χ2n) is 8.15. The SMILES string of the molecule is CC(=O)NCCCC[C@H](C(=O)NO)N(C)C(=O)C1(CCc2ccc(C)cc2)CC1. The Hall–Kier alpha value is -2.41. The van der Waals surface area contributed by atoms with E-state index < -0.39 is 17.4 Å². The maximum atomic E-state index is 13.1. The second kappa shape index (κ2) is 10.4. The van der Waals surface area contributed by atoms with Crippen LogP contribution in [0.25, 0.3) is 0 Å². The summed E-state index contributed by atoms with van der Waals surface area (Å²) in [5, 5.41) is 11.8. The first-order valence-electron chi connectivity index (χ1n) is 10.3. The van der Waals surface area contributed by atoms with E-state index in [4.69, 9.17) is 5.21 Å². The van der Waals surface area contributed by atoms with Crippen LogP contribution in [0, 0.1) is 12.3 Å². The molecular formula is C22H33N3O4. The lowest BCUT2D eigenvalue weighted by Gasteiger charge is -2.30. The number of carbonyl (C=O) groups is 3. The van der Waals surface area contributed by atoms with Crippen LogP contribution >= 0.6 is 0 Å². The molecule has 29 heavy (non-hydrogen) atoms. The van der Waals surface area contributed by atoms with Gasteiger partial charge in [-0.1, -0.05) is 29.8 Å². The highest BCUT2D eigenvalue weighted by molar-refractivity contribution is 5.91. The second-order valence-corrected chi connectivity index (χ2v) is 8.15. The van der Waals surface area contributed by atoms with Crippen molar-refractivity contribution in [3.05, 3.63) is 35.4 Å². The summed E-state index contributed by atoms with van der Waals surface area (Å²) in [6.07, 6.45) is 5.04. The summed E-state index contributed by atoms with van der Waals surface area (Å²) < 4.78 is 0. The molecule has 7 heteroatoms. The van der Waals surface area contributed by atoms with Gasteiger partial charge in [0.05, 0.1) is 0 Å². The summed E-state index contributed by atoms with van der Waals surface area (Å²) in [5.74, 6) is -0.694. The summed E-state index contributed by atoms with van der Waals surface area (Å²) in [4.78, 5) is 37.7. The zero-order chi connectivity index (χ0) is 21.4. The molecule has 2 rings (SSSR count). The molecule has 1 fully saturated rings. The Morgan fingerprint density at radius 1 is 1.17 bits per heavy atom. The van der Waals surface area contributed by atoms with E-state index in [9.17, 15) is 14.4 Å². The minimum atomic E-state index is -0.721. The monoisotopic (exact) mass is 403 g/mol. The van der Waals surface area contributed by atoms with Gasteiger partial charge in [0.15, 0.2) is 0 Å². The normalized spacial score (nSPS) is 15.3. The molecular weight excluding hydrogens is 370 g/mol. The number of nitrogens with zero attached hydrogens (tertiary/aromatic N) is 1. The number of hydrogen-bond donors (Lipinski definition) is 3. The van der Waals surface area contributed by atoms with Crippen molar-refractivity contribution < 1.29 is 19.6 Å². The van der Waals surface area contributed by atoms with Gasteiger partial charge in [0, 0.05) is 25.9 Å². The quantitative estimate of drug-likeness (QED) is 0.300. The van der Waals surface area contributed by atoms with Crippen LogP contribution < -0.4 is 10.8 Å². The van der Waals surface area contributed by atoms with Crippen LogP contribution in [-0.4, -0.2) is 47.5 Å². The van der Waals surface area contributed by atoms with Crippen LogP contribution in [0.4, 0.5) is 0 Å². The largest absolute Gasteiger partial charge is 0.356 e. The fourth-order valence-corrected chi connectivity index (χ4v) is 3.68. The molecule has 0 saturated heterocycles. The molecule has 3 N–H and O–H groups in total. The predicted octanol–water partition coefficient (Wildman–Crippen LogP) is 2.35. The van der Waals surface area contributed by atoms with Crippen molar-refractivity contribution in [2.75, 3.05) is 13.6 Å². The average Bonchev–Trinajstić information content (AvgIpc) is 3.49. The van der Waals surface area contributed by atoms with Gasteiger partial charge in [0.1, 0.15) is 6.04 Å². The highest BCUT2D eigenvalue weighted by Crippen LogP contribution is 2.51. The first kappa shape index (κ1) is 22.9. The molecule has 0 heterocycles. The van der Waals surface area contributed by atoms with Gasteiger partial charge >= 0.3 is 0 Å². The summed E-state index contributed by atoms with van der Waals surface area (Å²) in [7, 11) is 1.64. The Bertz CT molecular complexity index is 713. The van der Waals surface area contributed by atoms with Gasteiger partial charge in [0.2, 0.25) is 11.8 Å². The molecule has 7 nitrogen and oxygen atoms in total. The lowest BCUT2D eigenvalue weighted by atomic mass is 9.94. The smallest absolute Gasteiger partial charge is 0.266 e. The topological polar surface area (TPSA) is 98.7 Å². The molecule has 160 valence electrons. The summed E-state index contributed by atoms with van der Waals surface area (Å²) >= 11 is 0. The fraction of sp³-hybridized carbons (Fsp3) is 0.591. The molecule has 0 radical (unpaired) electrons. The summed E-state index contributed by atoms with van der Waals surface area (Å²) in [5.41, 5.74) is 3.71. The Labute approximate surface area is 172 Å². The maximum Gasteiger partial charge on any atom is 0.266 e. The van der Waals surface area contributed by atoms with Crippen LogP contribution in [0.2, 0.25) is 0 Å². The Kier molecular flexibility index (Phi) is 8.20. The first-order chi connectivity index (χ1) is 13.8. The van der Waals surface area contributed by atoms with Gasteiger partial charge in [-0.3, -0.25) is 19.6 Å². The molecule has 1 aliphatic carbocycles. The predicted molar refractivity (Wildman–Crippen MR) is 110 cm³/mol. The van der Waals surface area contributed by atoms with Gasteiger partial charge < -0.3 is 10.2 Å². The number of hydrogen-bond acceptors (Lipinski definition) is 4. The fourth-order valence-electron chi connectivity index (χ4n) is 3.68. The zero-order valence-corrected chi connectivity index (χ0v) is 17.7. The Morgan fingerprint density at radius 3 is 2.38 bits per heavy atom. The molecule has 1 aromatic carbocycles. The van der Waals surface area contributed by atoms with Crippen molar-refractivity contribution in [1.29, 1.82) is 0 Å². The third-order valence-electron chi connectivity index (χ3n) is 5.80. The molecule has 3 amide bonds. The van der Waals surface area contributed by atoms with Gasteiger partial charge in [-0.05, 0) is 57.4 Å².